The molecule has 0 unspecified atom stereocenters. The van der Waals surface area contributed by atoms with Gasteiger partial charge in [-0.25, -0.2) is 0 Å². The first-order valence-corrected chi connectivity index (χ1v) is 5.71. The van der Waals surface area contributed by atoms with Crippen molar-refractivity contribution in [1.82, 2.24) is 0 Å². The van der Waals surface area contributed by atoms with Crippen molar-refractivity contribution in [3.05, 3.63) is 23.3 Å². The number of nitrogens with two attached hydrogens (primary N) is 1. The number of methoxy groups -OCH3 is 2. The lowest BCUT2D eigenvalue weighted by Gasteiger charge is -2.23. The third-order valence-corrected chi connectivity index (χ3v) is 2.85. The Bertz CT molecular complexity index is 354. The SMILES string of the molecule is CC[C@@H](O)[C@@H](N)c1c(OC)cc(C)cc1OC. The van der Waals surface area contributed by atoms with E-state index < -0.39 is 12.1 Å². The third kappa shape index (κ3) is 2.90. The van der Waals surface area contributed by atoms with Gasteiger partial charge in [-0.1, -0.05) is 6.92 Å². The molecule has 0 aliphatic heterocycles. The number of hydrogen-bond acceptors (Lipinski definition) is 4. The first kappa shape index (κ1) is 13.8. The van der Waals surface area contributed by atoms with E-state index in [0.717, 1.165) is 11.1 Å². The van der Waals surface area contributed by atoms with Crippen molar-refractivity contribution in [3.63, 3.8) is 0 Å². The van der Waals surface area contributed by atoms with Gasteiger partial charge in [0.2, 0.25) is 0 Å². The van der Waals surface area contributed by atoms with Gasteiger partial charge < -0.3 is 20.3 Å². The van der Waals surface area contributed by atoms with E-state index in [-0.39, 0.29) is 0 Å². The number of ether oxygens (including phenoxy) is 2. The number of aliphatic hydroxyl groups excluding tert-OH is 1. The van der Waals surface area contributed by atoms with Crippen LogP contribution in [0.1, 0.15) is 30.5 Å². The van der Waals surface area contributed by atoms with E-state index in [1.54, 1.807) is 14.2 Å². The second kappa shape index (κ2) is 5.89. The molecule has 96 valence electrons. The lowest BCUT2D eigenvalue weighted by Crippen LogP contribution is -2.26. The molecule has 1 aromatic carbocycles. The average Bonchev–Trinajstić information content (AvgIpc) is 2.35. The van der Waals surface area contributed by atoms with Crippen LogP contribution in [0.5, 0.6) is 11.5 Å². The molecule has 0 aromatic heterocycles. The molecule has 0 saturated carbocycles. The van der Waals surface area contributed by atoms with Crippen molar-refractivity contribution in [2.24, 2.45) is 5.73 Å². The van der Waals surface area contributed by atoms with Crippen LogP contribution in [-0.4, -0.2) is 25.4 Å². The summed E-state index contributed by atoms with van der Waals surface area (Å²) in [5.41, 5.74) is 7.79. The molecule has 1 aromatic rings. The van der Waals surface area contributed by atoms with E-state index in [1.807, 2.05) is 26.0 Å². The van der Waals surface area contributed by atoms with E-state index in [2.05, 4.69) is 0 Å². The van der Waals surface area contributed by atoms with Gasteiger partial charge in [-0.05, 0) is 31.0 Å². The zero-order valence-corrected chi connectivity index (χ0v) is 10.9. The van der Waals surface area contributed by atoms with E-state index >= 15 is 0 Å². The quantitative estimate of drug-likeness (QED) is 0.822. The predicted molar refractivity (Wildman–Crippen MR) is 67.5 cm³/mol. The fourth-order valence-corrected chi connectivity index (χ4v) is 1.84. The number of rotatable bonds is 5. The normalized spacial score (nSPS) is 14.2. The molecular weight excluding hydrogens is 218 g/mol. The zero-order chi connectivity index (χ0) is 13.0. The van der Waals surface area contributed by atoms with Crippen molar-refractivity contribution in [3.8, 4) is 11.5 Å². The fraction of sp³-hybridized carbons (Fsp3) is 0.538. The topological polar surface area (TPSA) is 64.7 Å². The number of benzene rings is 1. The summed E-state index contributed by atoms with van der Waals surface area (Å²) in [5.74, 6) is 1.31. The molecule has 0 heterocycles. The lowest BCUT2D eigenvalue weighted by molar-refractivity contribution is 0.138. The molecule has 1 rings (SSSR count). The Kier molecular flexibility index (Phi) is 4.78. The van der Waals surface area contributed by atoms with Gasteiger partial charge in [0.25, 0.3) is 0 Å². The summed E-state index contributed by atoms with van der Waals surface area (Å²) in [6.45, 7) is 3.84. The molecule has 4 heteroatoms. The van der Waals surface area contributed by atoms with Crippen LogP contribution in [0.15, 0.2) is 12.1 Å². The molecule has 0 saturated heterocycles. The summed E-state index contributed by atoms with van der Waals surface area (Å²) in [6, 6.07) is 3.27. The first-order chi connectivity index (χ1) is 8.04. The molecule has 4 nitrogen and oxygen atoms in total. The van der Waals surface area contributed by atoms with E-state index in [4.69, 9.17) is 15.2 Å². The summed E-state index contributed by atoms with van der Waals surface area (Å²) >= 11 is 0. The number of hydrogen-bond donors (Lipinski definition) is 2. The molecule has 0 fully saturated rings. The van der Waals surface area contributed by atoms with Crippen LogP contribution < -0.4 is 15.2 Å². The second-order valence-electron chi connectivity index (χ2n) is 4.08. The zero-order valence-electron chi connectivity index (χ0n) is 10.9. The molecule has 0 spiro atoms. The Labute approximate surface area is 102 Å². The summed E-state index contributed by atoms with van der Waals surface area (Å²) < 4.78 is 10.6. The molecule has 3 N–H and O–H groups in total. The van der Waals surface area contributed by atoms with Crippen molar-refractivity contribution in [1.29, 1.82) is 0 Å². The highest BCUT2D eigenvalue weighted by molar-refractivity contribution is 5.50. The minimum absolute atomic E-state index is 0.509. The van der Waals surface area contributed by atoms with Gasteiger partial charge in [0.15, 0.2) is 0 Å². The molecule has 0 aliphatic rings. The third-order valence-electron chi connectivity index (χ3n) is 2.85. The van der Waals surface area contributed by atoms with Crippen LogP contribution in [0, 0.1) is 6.92 Å². The van der Waals surface area contributed by atoms with E-state index in [1.165, 1.54) is 0 Å². The highest BCUT2D eigenvalue weighted by Crippen LogP contribution is 2.36. The highest BCUT2D eigenvalue weighted by Gasteiger charge is 2.23. The Morgan fingerprint density at radius 3 is 2.06 bits per heavy atom. The van der Waals surface area contributed by atoms with Crippen LogP contribution in [-0.2, 0) is 0 Å². The van der Waals surface area contributed by atoms with Crippen LogP contribution in [0.3, 0.4) is 0 Å². The molecule has 0 bridgehead atoms. The summed E-state index contributed by atoms with van der Waals surface area (Å²) in [4.78, 5) is 0. The molecule has 2 atom stereocenters. The van der Waals surface area contributed by atoms with Gasteiger partial charge >= 0.3 is 0 Å². The molecule has 0 amide bonds. The van der Waals surface area contributed by atoms with Crippen molar-refractivity contribution in [2.45, 2.75) is 32.4 Å². The monoisotopic (exact) mass is 239 g/mol. The summed E-state index contributed by atoms with van der Waals surface area (Å²) in [7, 11) is 3.17. The Balaban J connectivity index is 3.28. The van der Waals surface area contributed by atoms with E-state index in [0.29, 0.717) is 17.9 Å². The van der Waals surface area contributed by atoms with Gasteiger partial charge in [-0.2, -0.15) is 0 Å². The maximum atomic E-state index is 9.85. The molecule has 17 heavy (non-hydrogen) atoms. The number of aryl methyl sites for hydroxylation is 1. The minimum Gasteiger partial charge on any atom is -0.496 e. The summed E-state index contributed by atoms with van der Waals surface area (Å²) in [6.07, 6.45) is -0.0260. The smallest absolute Gasteiger partial charge is 0.127 e. The van der Waals surface area contributed by atoms with Crippen molar-refractivity contribution in [2.75, 3.05) is 14.2 Å². The summed E-state index contributed by atoms with van der Waals surface area (Å²) in [5, 5.41) is 9.85. The fourth-order valence-electron chi connectivity index (χ4n) is 1.84. The van der Waals surface area contributed by atoms with Crippen LogP contribution in [0.2, 0.25) is 0 Å². The van der Waals surface area contributed by atoms with Crippen LogP contribution >= 0.6 is 0 Å². The van der Waals surface area contributed by atoms with Gasteiger partial charge in [0.1, 0.15) is 11.5 Å². The minimum atomic E-state index is -0.611. The maximum Gasteiger partial charge on any atom is 0.127 e. The van der Waals surface area contributed by atoms with E-state index in [9.17, 15) is 5.11 Å². The van der Waals surface area contributed by atoms with Crippen molar-refractivity contribution >= 4 is 0 Å². The van der Waals surface area contributed by atoms with Gasteiger partial charge in [0.05, 0.1) is 31.9 Å². The maximum absolute atomic E-state index is 9.85. The second-order valence-corrected chi connectivity index (χ2v) is 4.08. The lowest BCUT2D eigenvalue weighted by atomic mass is 9.97. The van der Waals surface area contributed by atoms with Gasteiger partial charge in [-0.15, -0.1) is 0 Å². The van der Waals surface area contributed by atoms with Gasteiger partial charge in [0, 0.05) is 0 Å². The standard InChI is InChI=1S/C13H21NO3/c1-5-9(15)13(14)12-10(16-3)6-8(2)7-11(12)17-4/h6-7,9,13,15H,5,14H2,1-4H3/t9-,13-/m1/s1. The predicted octanol–water partition coefficient (Wildman–Crippen LogP) is 1.78. The highest BCUT2D eigenvalue weighted by atomic mass is 16.5. The Morgan fingerprint density at radius 1 is 1.24 bits per heavy atom. The Morgan fingerprint density at radius 2 is 1.71 bits per heavy atom. The largest absolute Gasteiger partial charge is 0.496 e. The van der Waals surface area contributed by atoms with Crippen LogP contribution in [0.4, 0.5) is 0 Å². The number of aliphatic hydroxyl groups is 1. The van der Waals surface area contributed by atoms with Gasteiger partial charge in [-0.3, -0.25) is 0 Å². The van der Waals surface area contributed by atoms with Crippen LogP contribution in [0.25, 0.3) is 0 Å². The Hall–Kier alpha value is -1.26. The average molecular weight is 239 g/mol. The van der Waals surface area contributed by atoms with Crippen molar-refractivity contribution < 1.29 is 14.6 Å². The molecule has 0 radical (unpaired) electrons. The molecule has 0 aliphatic carbocycles. The molecular formula is C13H21NO3. The first-order valence-electron chi connectivity index (χ1n) is 5.71.